The quantitative estimate of drug-likeness (QED) is 0.763. The molecule has 0 aliphatic heterocycles. The lowest BCUT2D eigenvalue weighted by Gasteiger charge is -2.08. The van der Waals surface area contributed by atoms with Gasteiger partial charge in [-0.05, 0) is 44.2 Å². The summed E-state index contributed by atoms with van der Waals surface area (Å²) >= 11 is 0. The van der Waals surface area contributed by atoms with Gasteiger partial charge in [-0.15, -0.1) is 0 Å². The third-order valence-electron chi connectivity index (χ3n) is 3.47. The number of carbonyl (C=O) groups excluding carboxylic acids is 1. The van der Waals surface area contributed by atoms with E-state index in [0.717, 1.165) is 0 Å². The molecule has 0 atom stereocenters. The number of hydrogen-bond acceptors (Lipinski definition) is 3. The van der Waals surface area contributed by atoms with Gasteiger partial charge in [0, 0.05) is 23.5 Å². The number of benzene rings is 2. The fourth-order valence-corrected chi connectivity index (χ4v) is 2.46. The number of nitrogens with one attached hydrogen (secondary N) is 2. The summed E-state index contributed by atoms with van der Waals surface area (Å²) < 4.78 is 19.8. The summed E-state index contributed by atoms with van der Waals surface area (Å²) in [7, 11) is 0. The van der Waals surface area contributed by atoms with Crippen LogP contribution in [0.4, 0.5) is 20.6 Å². The van der Waals surface area contributed by atoms with E-state index in [1.165, 1.54) is 22.8 Å². The first-order valence-corrected chi connectivity index (χ1v) is 7.42. The fourth-order valence-electron chi connectivity index (χ4n) is 2.46. The molecule has 1 aromatic heterocycles. The predicted molar refractivity (Wildman–Crippen MR) is 89.9 cm³/mol. The van der Waals surface area contributed by atoms with Gasteiger partial charge >= 0.3 is 11.8 Å². The van der Waals surface area contributed by atoms with Crippen LogP contribution in [0.25, 0.3) is 11.1 Å². The van der Waals surface area contributed by atoms with E-state index in [9.17, 15) is 14.0 Å². The topological polar surface area (TPSA) is 76.3 Å². The molecule has 0 bridgehead atoms. The maximum atomic E-state index is 13.1. The van der Waals surface area contributed by atoms with Crippen LogP contribution in [0.1, 0.15) is 19.9 Å². The molecular formula is C17H16FN3O3. The number of nitrogens with zero attached hydrogens (tertiary/aromatic N) is 1. The van der Waals surface area contributed by atoms with E-state index in [0.29, 0.717) is 22.5 Å². The van der Waals surface area contributed by atoms with Crippen molar-refractivity contribution in [1.29, 1.82) is 0 Å². The van der Waals surface area contributed by atoms with Crippen LogP contribution in [0.2, 0.25) is 0 Å². The number of fused-ring (bicyclic) bond motifs is 1. The number of urea groups is 1. The third kappa shape index (κ3) is 3.15. The molecule has 6 nitrogen and oxygen atoms in total. The Hall–Kier alpha value is -3.09. The van der Waals surface area contributed by atoms with Crippen molar-refractivity contribution in [3.63, 3.8) is 0 Å². The second-order valence-electron chi connectivity index (χ2n) is 5.60. The van der Waals surface area contributed by atoms with E-state index in [4.69, 9.17) is 4.42 Å². The molecule has 124 valence electrons. The van der Waals surface area contributed by atoms with E-state index in [1.54, 1.807) is 24.3 Å². The Labute approximate surface area is 136 Å². The Morgan fingerprint density at radius 1 is 1.12 bits per heavy atom. The Bertz CT molecular complexity index is 959. The highest BCUT2D eigenvalue weighted by atomic mass is 19.1. The summed E-state index contributed by atoms with van der Waals surface area (Å²) in [6, 6.07) is 9.97. The molecule has 3 rings (SSSR count). The summed E-state index contributed by atoms with van der Waals surface area (Å²) in [4.78, 5) is 23.8. The van der Waals surface area contributed by atoms with Crippen molar-refractivity contribution < 1.29 is 13.6 Å². The molecule has 0 fully saturated rings. The van der Waals surface area contributed by atoms with Gasteiger partial charge in [-0.1, -0.05) is 6.07 Å². The van der Waals surface area contributed by atoms with Gasteiger partial charge in [0.05, 0.1) is 5.52 Å². The van der Waals surface area contributed by atoms with E-state index in [1.807, 2.05) is 13.8 Å². The van der Waals surface area contributed by atoms with Crippen molar-refractivity contribution in [2.75, 3.05) is 10.6 Å². The Kier molecular flexibility index (Phi) is 4.07. The average molecular weight is 329 g/mol. The first kappa shape index (κ1) is 15.8. The van der Waals surface area contributed by atoms with Gasteiger partial charge < -0.3 is 15.1 Å². The maximum Gasteiger partial charge on any atom is 0.420 e. The van der Waals surface area contributed by atoms with Crippen LogP contribution >= 0.6 is 0 Å². The largest absolute Gasteiger partial charge is 0.420 e. The van der Waals surface area contributed by atoms with Crippen LogP contribution in [0.15, 0.2) is 51.7 Å². The lowest BCUT2D eigenvalue weighted by molar-refractivity contribution is 0.262. The molecule has 0 saturated heterocycles. The van der Waals surface area contributed by atoms with Gasteiger partial charge in [0.15, 0.2) is 5.58 Å². The zero-order chi connectivity index (χ0) is 17.3. The minimum absolute atomic E-state index is 0.0335. The first-order valence-electron chi connectivity index (χ1n) is 7.42. The van der Waals surface area contributed by atoms with Gasteiger partial charge in [0.1, 0.15) is 5.82 Å². The highest BCUT2D eigenvalue weighted by molar-refractivity contribution is 6.00. The second-order valence-corrected chi connectivity index (χ2v) is 5.60. The Morgan fingerprint density at radius 2 is 1.83 bits per heavy atom. The van der Waals surface area contributed by atoms with E-state index < -0.39 is 17.6 Å². The summed E-state index contributed by atoms with van der Waals surface area (Å²) in [6.07, 6.45) is 0. The molecule has 2 amide bonds. The molecule has 0 radical (unpaired) electrons. The number of oxazole rings is 1. The molecule has 24 heavy (non-hydrogen) atoms. The van der Waals surface area contributed by atoms with Crippen molar-refractivity contribution in [2.45, 2.75) is 19.9 Å². The number of carbonyl (C=O) groups is 1. The zero-order valence-corrected chi connectivity index (χ0v) is 13.2. The number of rotatable bonds is 3. The number of halogens is 1. The van der Waals surface area contributed by atoms with Crippen LogP contribution in [-0.2, 0) is 0 Å². The molecule has 2 aromatic carbocycles. The van der Waals surface area contributed by atoms with Crippen LogP contribution in [-0.4, -0.2) is 10.6 Å². The minimum Gasteiger partial charge on any atom is -0.408 e. The molecule has 3 aromatic rings. The van der Waals surface area contributed by atoms with E-state index in [-0.39, 0.29) is 6.04 Å². The van der Waals surface area contributed by atoms with Crippen LogP contribution < -0.4 is 16.4 Å². The monoisotopic (exact) mass is 329 g/mol. The molecule has 0 saturated carbocycles. The van der Waals surface area contributed by atoms with Gasteiger partial charge in [0.25, 0.3) is 0 Å². The van der Waals surface area contributed by atoms with Crippen molar-refractivity contribution in [1.82, 2.24) is 4.57 Å². The van der Waals surface area contributed by atoms with Gasteiger partial charge in [0.2, 0.25) is 0 Å². The van der Waals surface area contributed by atoms with Gasteiger partial charge in [-0.3, -0.25) is 4.57 Å². The molecule has 7 heteroatoms. The average Bonchev–Trinajstić information content (AvgIpc) is 2.82. The predicted octanol–water partition coefficient (Wildman–Crippen LogP) is 3.96. The van der Waals surface area contributed by atoms with E-state index >= 15 is 0 Å². The summed E-state index contributed by atoms with van der Waals surface area (Å²) in [6.45, 7) is 3.77. The zero-order valence-electron chi connectivity index (χ0n) is 13.2. The van der Waals surface area contributed by atoms with Crippen molar-refractivity contribution >= 4 is 28.5 Å². The minimum atomic E-state index is -0.523. The van der Waals surface area contributed by atoms with Crippen molar-refractivity contribution in [2.24, 2.45) is 0 Å². The van der Waals surface area contributed by atoms with Gasteiger partial charge in [-0.2, -0.15) is 0 Å². The number of amides is 2. The second kappa shape index (κ2) is 6.19. The Balaban J connectivity index is 1.80. The lowest BCUT2D eigenvalue weighted by Crippen LogP contribution is -2.19. The third-order valence-corrected chi connectivity index (χ3v) is 3.47. The fraction of sp³-hybridized carbons (Fsp3) is 0.176. The van der Waals surface area contributed by atoms with Crippen LogP contribution in [0, 0.1) is 5.82 Å². The molecule has 2 N–H and O–H groups in total. The first-order chi connectivity index (χ1) is 11.4. The van der Waals surface area contributed by atoms with Crippen molar-refractivity contribution in [3.8, 4) is 0 Å². The Morgan fingerprint density at radius 3 is 2.50 bits per heavy atom. The summed E-state index contributed by atoms with van der Waals surface area (Å²) in [5.41, 5.74) is 1.84. The molecule has 0 unspecified atom stereocenters. The standard InChI is InChI=1S/C17H16FN3O3/c1-10(2)21-14-7-6-13(9-15(14)24-17(21)23)20-16(22)19-12-5-3-4-11(18)8-12/h3-10H,1-2H3,(H2,19,20,22). The highest BCUT2D eigenvalue weighted by Gasteiger charge is 2.13. The maximum absolute atomic E-state index is 13.1. The molecular weight excluding hydrogens is 313 g/mol. The molecule has 0 spiro atoms. The van der Waals surface area contributed by atoms with Crippen molar-refractivity contribution in [3.05, 3.63) is 58.8 Å². The molecule has 1 heterocycles. The summed E-state index contributed by atoms with van der Waals surface area (Å²) in [5.74, 6) is -0.882. The SMILES string of the molecule is CC(C)n1c(=O)oc2cc(NC(=O)Nc3cccc(F)c3)ccc21. The van der Waals surface area contributed by atoms with E-state index in [2.05, 4.69) is 10.6 Å². The number of aromatic nitrogens is 1. The van der Waals surface area contributed by atoms with Gasteiger partial charge in [-0.25, -0.2) is 14.0 Å². The highest BCUT2D eigenvalue weighted by Crippen LogP contribution is 2.21. The number of anilines is 2. The molecule has 0 aliphatic carbocycles. The lowest BCUT2D eigenvalue weighted by atomic mass is 10.2. The van der Waals surface area contributed by atoms with Crippen LogP contribution in [0.5, 0.6) is 0 Å². The number of hydrogen-bond donors (Lipinski definition) is 2. The van der Waals surface area contributed by atoms with Crippen LogP contribution in [0.3, 0.4) is 0 Å². The normalized spacial score (nSPS) is 11.0. The molecule has 0 aliphatic rings. The summed E-state index contributed by atoms with van der Waals surface area (Å²) in [5, 5.41) is 5.14. The smallest absolute Gasteiger partial charge is 0.408 e.